The molecule has 0 bridgehead atoms. The first-order valence-electron chi connectivity index (χ1n) is 3.69. The number of nitrogens with zero attached hydrogens (tertiary/aromatic N) is 1. The van der Waals surface area contributed by atoms with Gasteiger partial charge in [0.1, 0.15) is 5.82 Å². The molecule has 0 saturated carbocycles. The molecule has 0 radical (unpaired) electrons. The maximum atomic E-state index is 5.47. The SMILES string of the molecule is CCCC(I)c1cc(N)n[nH]1. The topological polar surface area (TPSA) is 54.7 Å². The van der Waals surface area contributed by atoms with Gasteiger partial charge < -0.3 is 5.73 Å². The Balaban J connectivity index is 2.60. The molecule has 1 heterocycles. The minimum Gasteiger partial charge on any atom is -0.382 e. The first-order valence-corrected chi connectivity index (χ1v) is 4.93. The van der Waals surface area contributed by atoms with Crippen LogP contribution in [-0.4, -0.2) is 10.2 Å². The summed E-state index contributed by atoms with van der Waals surface area (Å²) >= 11 is 2.39. The molecule has 1 atom stereocenters. The monoisotopic (exact) mass is 265 g/mol. The zero-order chi connectivity index (χ0) is 8.27. The van der Waals surface area contributed by atoms with Gasteiger partial charge in [0.2, 0.25) is 0 Å². The fraction of sp³-hybridized carbons (Fsp3) is 0.571. The lowest BCUT2D eigenvalue weighted by Crippen LogP contribution is -1.88. The smallest absolute Gasteiger partial charge is 0.145 e. The second-order valence-electron chi connectivity index (χ2n) is 2.50. The molecular weight excluding hydrogens is 253 g/mol. The summed E-state index contributed by atoms with van der Waals surface area (Å²) in [5, 5.41) is 6.78. The molecule has 0 saturated heterocycles. The Kier molecular flexibility index (Phi) is 3.16. The van der Waals surface area contributed by atoms with Gasteiger partial charge in [0, 0.05) is 6.07 Å². The number of rotatable bonds is 3. The van der Waals surface area contributed by atoms with E-state index in [9.17, 15) is 0 Å². The molecule has 1 rings (SSSR count). The number of nitrogens with two attached hydrogens (primary N) is 1. The number of nitrogen functional groups attached to an aromatic ring is 1. The molecule has 1 aromatic heterocycles. The normalized spacial score (nSPS) is 13.3. The van der Waals surface area contributed by atoms with Crippen molar-refractivity contribution in [3.8, 4) is 0 Å². The van der Waals surface area contributed by atoms with Crippen molar-refractivity contribution in [3.63, 3.8) is 0 Å². The quantitative estimate of drug-likeness (QED) is 0.650. The van der Waals surface area contributed by atoms with Gasteiger partial charge in [-0.2, -0.15) is 5.10 Å². The van der Waals surface area contributed by atoms with E-state index in [0.717, 1.165) is 5.69 Å². The van der Waals surface area contributed by atoms with Gasteiger partial charge in [-0.15, -0.1) is 0 Å². The van der Waals surface area contributed by atoms with E-state index in [1.807, 2.05) is 6.07 Å². The minimum atomic E-state index is 0.516. The third-order valence-electron chi connectivity index (χ3n) is 1.50. The van der Waals surface area contributed by atoms with Crippen molar-refractivity contribution >= 4 is 28.4 Å². The lowest BCUT2D eigenvalue weighted by atomic mass is 10.2. The highest BCUT2D eigenvalue weighted by atomic mass is 127. The van der Waals surface area contributed by atoms with Crippen LogP contribution in [0.2, 0.25) is 0 Å². The molecule has 0 aromatic carbocycles. The van der Waals surface area contributed by atoms with Crippen LogP contribution in [-0.2, 0) is 0 Å². The van der Waals surface area contributed by atoms with Gasteiger partial charge in [0.25, 0.3) is 0 Å². The van der Waals surface area contributed by atoms with E-state index < -0.39 is 0 Å². The molecular formula is C7H12IN3. The molecule has 1 unspecified atom stereocenters. The average Bonchev–Trinajstić information content (AvgIpc) is 2.36. The molecule has 4 heteroatoms. The van der Waals surface area contributed by atoms with Crippen LogP contribution in [0.5, 0.6) is 0 Å². The van der Waals surface area contributed by atoms with E-state index in [0.29, 0.717) is 9.74 Å². The Morgan fingerprint density at radius 1 is 1.82 bits per heavy atom. The van der Waals surface area contributed by atoms with Crippen molar-refractivity contribution in [2.24, 2.45) is 0 Å². The van der Waals surface area contributed by atoms with Crippen molar-refractivity contribution in [2.45, 2.75) is 23.7 Å². The lowest BCUT2D eigenvalue weighted by molar-refractivity contribution is 0.776. The van der Waals surface area contributed by atoms with E-state index in [1.54, 1.807) is 0 Å². The third-order valence-corrected chi connectivity index (χ3v) is 2.79. The number of alkyl halides is 1. The van der Waals surface area contributed by atoms with Crippen molar-refractivity contribution in [2.75, 3.05) is 5.73 Å². The van der Waals surface area contributed by atoms with Gasteiger partial charge in [-0.1, -0.05) is 35.9 Å². The first kappa shape index (κ1) is 8.83. The standard InChI is InChI=1S/C7H12IN3/c1-2-3-5(8)6-4-7(9)11-10-6/h4-5H,2-3H2,1H3,(H3,9,10,11). The second-order valence-corrected chi connectivity index (χ2v) is 4.01. The molecule has 0 aliphatic carbocycles. The highest BCUT2D eigenvalue weighted by molar-refractivity contribution is 14.1. The minimum absolute atomic E-state index is 0.516. The van der Waals surface area contributed by atoms with Crippen LogP contribution >= 0.6 is 22.6 Å². The highest BCUT2D eigenvalue weighted by Crippen LogP contribution is 2.27. The van der Waals surface area contributed by atoms with Crippen LogP contribution in [0.3, 0.4) is 0 Å². The summed E-state index contributed by atoms with van der Waals surface area (Å²) in [4.78, 5) is 0. The van der Waals surface area contributed by atoms with Gasteiger partial charge >= 0.3 is 0 Å². The van der Waals surface area contributed by atoms with E-state index in [2.05, 4.69) is 39.7 Å². The number of halogens is 1. The number of hydrogen-bond acceptors (Lipinski definition) is 2. The Labute approximate surface area is 79.9 Å². The van der Waals surface area contributed by atoms with Crippen LogP contribution in [0.25, 0.3) is 0 Å². The van der Waals surface area contributed by atoms with Gasteiger partial charge in [-0.3, -0.25) is 5.10 Å². The Morgan fingerprint density at radius 2 is 2.55 bits per heavy atom. The maximum absolute atomic E-state index is 5.47. The summed E-state index contributed by atoms with van der Waals surface area (Å²) in [6, 6.07) is 1.90. The predicted octanol–water partition coefficient (Wildman–Crippen LogP) is 2.27. The van der Waals surface area contributed by atoms with E-state index in [-0.39, 0.29) is 0 Å². The lowest BCUT2D eigenvalue weighted by Gasteiger charge is -2.02. The van der Waals surface area contributed by atoms with Crippen LogP contribution < -0.4 is 5.73 Å². The molecule has 0 spiro atoms. The van der Waals surface area contributed by atoms with E-state index >= 15 is 0 Å². The fourth-order valence-electron chi connectivity index (χ4n) is 0.922. The van der Waals surface area contributed by atoms with Gasteiger partial charge in [0.05, 0.1) is 9.62 Å². The number of aromatic nitrogens is 2. The summed E-state index contributed by atoms with van der Waals surface area (Å²) in [5.74, 6) is 0.581. The van der Waals surface area contributed by atoms with E-state index in [4.69, 9.17) is 5.73 Å². The molecule has 1 aromatic rings. The number of hydrogen-bond donors (Lipinski definition) is 2. The fourth-order valence-corrected chi connectivity index (χ4v) is 1.86. The number of H-pyrrole nitrogens is 1. The van der Waals surface area contributed by atoms with Crippen molar-refractivity contribution < 1.29 is 0 Å². The highest BCUT2D eigenvalue weighted by Gasteiger charge is 2.07. The first-order chi connectivity index (χ1) is 5.24. The molecule has 3 nitrogen and oxygen atoms in total. The Hall–Kier alpha value is -0.260. The molecule has 0 fully saturated rings. The number of aromatic amines is 1. The van der Waals surface area contributed by atoms with Crippen molar-refractivity contribution in [3.05, 3.63) is 11.8 Å². The zero-order valence-corrected chi connectivity index (χ0v) is 8.63. The summed E-state index contributed by atoms with van der Waals surface area (Å²) in [6.07, 6.45) is 2.36. The average molecular weight is 265 g/mol. The zero-order valence-electron chi connectivity index (χ0n) is 6.47. The Morgan fingerprint density at radius 3 is 3.00 bits per heavy atom. The van der Waals surface area contributed by atoms with Gasteiger partial charge in [-0.25, -0.2) is 0 Å². The van der Waals surface area contributed by atoms with Crippen molar-refractivity contribution in [1.29, 1.82) is 0 Å². The summed E-state index contributed by atoms with van der Waals surface area (Å²) < 4.78 is 0.516. The predicted molar refractivity (Wildman–Crippen MR) is 54.7 cm³/mol. The maximum Gasteiger partial charge on any atom is 0.145 e. The number of nitrogens with one attached hydrogen (secondary N) is 1. The van der Waals surface area contributed by atoms with Gasteiger partial charge in [-0.05, 0) is 6.42 Å². The molecule has 0 aliphatic heterocycles. The van der Waals surface area contributed by atoms with Crippen LogP contribution in [0, 0.1) is 0 Å². The summed E-state index contributed by atoms with van der Waals surface area (Å²) in [5.41, 5.74) is 6.60. The number of anilines is 1. The molecule has 0 amide bonds. The molecule has 0 aliphatic rings. The van der Waals surface area contributed by atoms with Crippen LogP contribution in [0.15, 0.2) is 6.07 Å². The summed E-state index contributed by atoms with van der Waals surface area (Å²) in [7, 11) is 0. The van der Waals surface area contributed by atoms with Crippen LogP contribution in [0.4, 0.5) is 5.82 Å². The molecule has 62 valence electrons. The third kappa shape index (κ3) is 2.36. The van der Waals surface area contributed by atoms with Crippen molar-refractivity contribution in [1.82, 2.24) is 10.2 Å². The molecule has 11 heavy (non-hydrogen) atoms. The second kappa shape index (κ2) is 3.94. The van der Waals surface area contributed by atoms with E-state index in [1.165, 1.54) is 12.8 Å². The van der Waals surface area contributed by atoms with Crippen LogP contribution in [0.1, 0.15) is 29.4 Å². The molecule has 3 N–H and O–H groups in total. The Bertz CT molecular complexity index is 221. The van der Waals surface area contributed by atoms with Gasteiger partial charge in [0.15, 0.2) is 0 Å². The summed E-state index contributed by atoms with van der Waals surface area (Å²) in [6.45, 7) is 2.17. The largest absolute Gasteiger partial charge is 0.382 e.